The predicted octanol–water partition coefficient (Wildman–Crippen LogP) is 8.30. The van der Waals surface area contributed by atoms with Crippen LogP contribution in [0.5, 0.6) is 0 Å². The van der Waals surface area contributed by atoms with Gasteiger partial charge >= 0.3 is 0 Å². The molecule has 0 spiro atoms. The third-order valence-electron chi connectivity index (χ3n) is 6.16. The zero-order valence-electron chi connectivity index (χ0n) is 17.4. The molecule has 0 aliphatic heterocycles. The quantitative estimate of drug-likeness (QED) is 0.139. The molecule has 0 unspecified atom stereocenters. The van der Waals surface area contributed by atoms with Gasteiger partial charge in [-0.25, -0.2) is 22.0 Å². The Morgan fingerprint density at radius 2 is 0.971 bits per heavy atom. The van der Waals surface area contributed by atoms with E-state index in [1.165, 1.54) is 12.1 Å². The van der Waals surface area contributed by atoms with Crippen LogP contribution >= 0.6 is 0 Å². The van der Waals surface area contributed by atoms with Crippen LogP contribution in [0.1, 0.15) is 0 Å². The van der Waals surface area contributed by atoms with Gasteiger partial charge in [0.25, 0.3) is 0 Å². The Morgan fingerprint density at radius 3 is 1.59 bits per heavy atom. The van der Waals surface area contributed by atoms with Gasteiger partial charge in [0.05, 0.1) is 16.6 Å². The fourth-order valence-corrected chi connectivity index (χ4v) is 4.59. The van der Waals surface area contributed by atoms with Crippen LogP contribution in [0, 0.1) is 29.1 Å². The van der Waals surface area contributed by atoms with Gasteiger partial charge in [0.1, 0.15) is 0 Å². The van der Waals surface area contributed by atoms with E-state index in [-0.39, 0.29) is 5.56 Å². The maximum Gasteiger partial charge on any atom is 0.200 e. The molecular formula is C28H14F5N. The van der Waals surface area contributed by atoms with Gasteiger partial charge in [-0.1, -0.05) is 54.6 Å². The lowest BCUT2D eigenvalue weighted by Gasteiger charge is -2.12. The minimum Gasteiger partial charge on any atom is -0.309 e. The van der Waals surface area contributed by atoms with Crippen LogP contribution in [-0.2, 0) is 0 Å². The third-order valence-corrected chi connectivity index (χ3v) is 6.16. The first kappa shape index (κ1) is 20.4. The Balaban J connectivity index is 1.55. The van der Waals surface area contributed by atoms with Crippen molar-refractivity contribution in [2.45, 2.75) is 0 Å². The van der Waals surface area contributed by atoms with Gasteiger partial charge in [-0.3, -0.25) is 0 Å². The molecule has 0 amide bonds. The van der Waals surface area contributed by atoms with Crippen LogP contribution in [0.15, 0.2) is 84.9 Å². The maximum absolute atomic E-state index is 14.3. The number of fused-ring (bicyclic) bond motifs is 4. The molecule has 0 N–H and O–H groups in total. The van der Waals surface area contributed by atoms with Crippen molar-refractivity contribution in [2.24, 2.45) is 0 Å². The minimum atomic E-state index is -2.17. The standard InChI is InChI=1S/C28H14F5N/c29-24-23(25(30)27(32)28(33)26(24)31)17-10-9-16-14-18(12-11-15(16)13-17)34-21-7-3-1-5-19(21)20-6-2-4-8-22(20)34/h1-14H. The van der Waals surface area contributed by atoms with Crippen molar-refractivity contribution >= 4 is 32.6 Å². The van der Waals surface area contributed by atoms with Crippen molar-refractivity contribution in [3.63, 3.8) is 0 Å². The van der Waals surface area contributed by atoms with Crippen molar-refractivity contribution in [1.29, 1.82) is 0 Å². The number of para-hydroxylation sites is 2. The van der Waals surface area contributed by atoms with E-state index in [4.69, 9.17) is 0 Å². The van der Waals surface area contributed by atoms with Crippen molar-refractivity contribution in [2.75, 3.05) is 0 Å². The second-order valence-corrected chi connectivity index (χ2v) is 8.06. The third kappa shape index (κ3) is 2.85. The molecule has 1 aromatic heterocycles. The van der Waals surface area contributed by atoms with E-state index >= 15 is 0 Å². The van der Waals surface area contributed by atoms with Crippen LogP contribution in [0.2, 0.25) is 0 Å². The van der Waals surface area contributed by atoms with Gasteiger partial charge in [0, 0.05) is 16.5 Å². The minimum absolute atomic E-state index is 0.0927. The molecule has 1 heterocycles. The van der Waals surface area contributed by atoms with Crippen LogP contribution in [-0.4, -0.2) is 4.57 Å². The molecule has 5 aromatic carbocycles. The Morgan fingerprint density at radius 1 is 0.471 bits per heavy atom. The molecule has 0 radical (unpaired) electrons. The van der Waals surface area contributed by atoms with Gasteiger partial charge in [-0.2, -0.15) is 0 Å². The lowest BCUT2D eigenvalue weighted by molar-refractivity contribution is 0.381. The number of rotatable bonds is 2. The number of hydrogen-bond donors (Lipinski definition) is 0. The Labute approximate surface area is 190 Å². The van der Waals surface area contributed by atoms with E-state index in [0.717, 1.165) is 32.9 Å². The topological polar surface area (TPSA) is 4.93 Å². The molecule has 0 fully saturated rings. The van der Waals surface area contributed by atoms with Crippen LogP contribution in [0.25, 0.3) is 49.4 Å². The average molecular weight is 459 g/mol. The summed E-state index contributed by atoms with van der Waals surface area (Å²) >= 11 is 0. The SMILES string of the molecule is Fc1c(F)c(F)c(-c2ccc3cc(-n4c5ccccc5c5ccccc54)ccc3c2)c(F)c1F. The van der Waals surface area contributed by atoms with E-state index < -0.39 is 34.6 Å². The maximum atomic E-state index is 14.3. The normalized spacial score (nSPS) is 11.7. The molecule has 0 saturated heterocycles. The van der Waals surface area contributed by atoms with Crippen molar-refractivity contribution in [3.8, 4) is 16.8 Å². The average Bonchev–Trinajstić information content (AvgIpc) is 3.20. The summed E-state index contributed by atoms with van der Waals surface area (Å²) in [5.74, 6) is -9.79. The first-order valence-corrected chi connectivity index (χ1v) is 10.5. The molecule has 34 heavy (non-hydrogen) atoms. The molecule has 0 aliphatic rings. The van der Waals surface area contributed by atoms with Gasteiger partial charge in [0.2, 0.25) is 5.82 Å². The Hall–Kier alpha value is -4.19. The summed E-state index contributed by atoms with van der Waals surface area (Å²) in [6.45, 7) is 0. The lowest BCUT2D eigenvalue weighted by atomic mass is 9.99. The number of halogens is 5. The highest BCUT2D eigenvalue weighted by molar-refractivity contribution is 6.09. The van der Waals surface area contributed by atoms with Gasteiger partial charge in [-0.05, 0) is 46.7 Å². The molecular weight excluding hydrogens is 445 g/mol. The summed E-state index contributed by atoms with van der Waals surface area (Å²) < 4.78 is 71.6. The van der Waals surface area contributed by atoms with E-state index in [1.807, 2.05) is 48.5 Å². The highest BCUT2D eigenvalue weighted by atomic mass is 19.2. The van der Waals surface area contributed by atoms with Crippen LogP contribution in [0.4, 0.5) is 22.0 Å². The number of benzene rings is 5. The highest BCUT2D eigenvalue weighted by Crippen LogP contribution is 2.35. The summed E-state index contributed by atoms with van der Waals surface area (Å²) in [4.78, 5) is 0. The van der Waals surface area contributed by atoms with E-state index in [1.54, 1.807) is 12.1 Å². The lowest BCUT2D eigenvalue weighted by Crippen LogP contribution is -2.04. The predicted molar refractivity (Wildman–Crippen MR) is 124 cm³/mol. The molecule has 6 rings (SSSR count). The monoisotopic (exact) mass is 459 g/mol. The fourth-order valence-electron chi connectivity index (χ4n) is 4.59. The van der Waals surface area contributed by atoms with Gasteiger partial charge < -0.3 is 4.57 Å². The van der Waals surface area contributed by atoms with E-state index in [2.05, 4.69) is 16.7 Å². The van der Waals surface area contributed by atoms with Gasteiger partial charge in [-0.15, -0.1) is 0 Å². The summed E-state index contributed by atoms with van der Waals surface area (Å²) in [6.07, 6.45) is 0. The van der Waals surface area contributed by atoms with Gasteiger partial charge in [0.15, 0.2) is 23.3 Å². The van der Waals surface area contributed by atoms with Crippen molar-refractivity contribution in [1.82, 2.24) is 4.57 Å². The summed E-state index contributed by atoms with van der Waals surface area (Å²) in [7, 11) is 0. The van der Waals surface area contributed by atoms with Crippen molar-refractivity contribution in [3.05, 3.63) is 114 Å². The first-order chi connectivity index (χ1) is 16.5. The second-order valence-electron chi connectivity index (χ2n) is 8.06. The van der Waals surface area contributed by atoms with E-state index in [0.29, 0.717) is 5.39 Å². The smallest absolute Gasteiger partial charge is 0.200 e. The molecule has 0 saturated carbocycles. The van der Waals surface area contributed by atoms with Crippen molar-refractivity contribution < 1.29 is 22.0 Å². The van der Waals surface area contributed by atoms with Crippen LogP contribution in [0.3, 0.4) is 0 Å². The highest BCUT2D eigenvalue weighted by Gasteiger charge is 2.26. The zero-order valence-corrected chi connectivity index (χ0v) is 17.4. The molecule has 0 aliphatic carbocycles. The van der Waals surface area contributed by atoms with E-state index in [9.17, 15) is 22.0 Å². The molecule has 1 nitrogen and oxygen atoms in total. The number of hydrogen-bond acceptors (Lipinski definition) is 0. The molecule has 0 atom stereocenters. The second kappa shape index (κ2) is 7.42. The zero-order chi connectivity index (χ0) is 23.6. The number of nitrogens with zero attached hydrogens (tertiary/aromatic N) is 1. The summed E-state index contributed by atoms with van der Waals surface area (Å²) in [6, 6.07) is 26.0. The Kier molecular flexibility index (Phi) is 4.45. The van der Waals surface area contributed by atoms with Crippen LogP contribution < -0.4 is 0 Å². The molecule has 0 bridgehead atoms. The Bertz CT molecular complexity index is 1680. The fraction of sp³-hybridized carbons (Fsp3) is 0. The first-order valence-electron chi connectivity index (χ1n) is 10.5. The summed E-state index contributed by atoms with van der Waals surface area (Å²) in [5.41, 5.74) is 1.91. The molecule has 6 aromatic rings. The largest absolute Gasteiger partial charge is 0.309 e. The molecule has 6 heteroatoms. The summed E-state index contributed by atoms with van der Waals surface area (Å²) in [5, 5.41) is 3.58. The molecule has 166 valence electrons. The number of aromatic nitrogens is 1.